The number of halogens is 3. The molecule has 0 bridgehead atoms. The molecule has 84 valence electrons. The van der Waals surface area contributed by atoms with Crippen molar-refractivity contribution in [1.82, 2.24) is 0 Å². The fraction of sp³-hybridized carbons (Fsp3) is 0.400. The van der Waals surface area contributed by atoms with Crippen molar-refractivity contribution in [2.45, 2.75) is 17.5 Å². The summed E-state index contributed by atoms with van der Waals surface area (Å²) in [5.74, 6) is 0.755. The molecule has 1 aromatic rings. The zero-order chi connectivity index (χ0) is 11.3. The highest BCUT2D eigenvalue weighted by Crippen LogP contribution is 2.26. The Morgan fingerprint density at radius 2 is 1.80 bits per heavy atom. The summed E-state index contributed by atoms with van der Waals surface area (Å²) in [6.07, 6.45) is -4.83. The van der Waals surface area contributed by atoms with Crippen molar-refractivity contribution < 1.29 is 17.9 Å². The number of hydrogen-bond donors (Lipinski definition) is 0. The molecule has 0 radical (unpaired) electrons. The predicted molar refractivity (Wildman–Crippen MR) is 54.4 cm³/mol. The lowest BCUT2D eigenvalue weighted by Gasteiger charge is -2.06. The minimum atomic E-state index is -4.07. The van der Waals surface area contributed by atoms with Gasteiger partial charge in [-0.1, -0.05) is 0 Å². The highest BCUT2D eigenvalue weighted by molar-refractivity contribution is 7.99. The minimum absolute atomic E-state index is 0.0514. The Morgan fingerprint density at radius 1 is 1.20 bits per heavy atom. The number of rotatable bonds is 4. The number of thioether (sulfide) groups is 1. The molecule has 0 spiro atoms. The van der Waals surface area contributed by atoms with Gasteiger partial charge in [0.2, 0.25) is 0 Å². The van der Waals surface area contributed by atoms with Crippen LogP contribution in [0.3, 0.4) is 0 Å². The van der Waals surface area contributed by atoms with Crippen LogP contribution in [0.2, 0.25) is 0 Å². The molecule has 1 aromatic carbocycles. The minimum Gasteiger partial charge on any atom is -0.497 e. The summed E-state index contributed by atoms with van der Waals surface area (Å²) in [6, 6.07) is 6.96. The monoisotopic (exact) mass is 236 g/mol. The van der Waals surface area contributed by atoms with Gasteiger partial charge in [0, 0.05) is 10.6 Å². The van der Waals surface area contributed by atoms with Crippen LogP contribution in [0.4, 0.5) is 13.2 Å². The summed E-state index contributed by atoms with van der Waals surface area (Å²) in [6.45, 7) is 0. The summed E-state index contributed by atoms with van der Waals surface area (Å²) in [7, 11) is 1.55. The van der Waals surface area contributed by atoms with Crippen molar-refractivity contribution in [2.24, 2.45) is 0 Å². The van der Waals surface area contributed by atoms with Gasteiger partial charge in [-0.15, -0.1) is 11.8 Å². The van der Waals surface area contributed by atoms with Crippen LogP contribution < -0.4 is 4.74 Å². The van der Waals surface area contributed by atoms with Gasteiger partial charge < -0.3 is 4.74 Å². The van der Waals surface area contributed by atoms with Gasteiger partial charge in [-0.3, -0.25) is 0 Å². The van der Waals surface area contributed by atoms with E-state index in [-0.39, 0.29) is 5.75 Å². The summed E-state index contributed by atoms with van der Waals surface area (Å²) in [4.78, 5) is 0.819. The third-order valence-electron chi connectivity index (χ3n) is 1.71. The van der Waals surface area contributed by atoms with Gasteiger partial charge in [-0.05, 0) is 24.3 Å². The fourth-order valence-electron chi connectivity index (χ4n) is 0.957. The van der Waals surface area contributed by atoms with Gasteiger partial charge in [0.25, 0.3) is 0 Å². The van der Waals surface area contributed by atoms with Gasteiger partial charge in [-0.2, -0.15) is 13.2 Å². The Kier molecular flexibility index (Phi) is 4.32. The Hall–Kier alpha value is -0.840. The molecule has 0 saturated carbocycles. The van der Waals surface area contributed by atoms with Crippen LogP contribution in [0.25, 0.3) is 0 Å². The van der Waals surface area contributed by atoms with E-state index in [4.69, 9.17) is 4.74 Å². The van der Waals surface area contributed by atoms with E-state index in [0.29, 0.717) is 5.75 Å². The molecular weight excluding hydrogens is 225 g/mol. The molecule has 1 nitrogen and oxygen atoms in total. The molecule has 0 saturated heterocycles. The van der Waals surface area contributed by atoms with E-state index in [1.165, 1.54) is 11.8 Å². The largest absolute Gasteiger partial charge is 0.497 e. The molecule has 0 aromatic heterocycles. The number of ether oxygens (including phenoxy) is 1. The molecule has 0 heterocycles. The first kappa shape index (κ1) is 12.2. The first-order valence-corrected chi connectivity index (χ1v) is 5.33. The van der Waals surface area contributed by atoms with E-state index in [1.807, 2.05) is 0 Å². The zero-order valence-electron chi connectivity index (χ0n) is 8.17. The topological polar surface area (TPSA) is 9.23 Å². The van der Waals surface area contributed by atoms with Gasteiger partial charge >= 0.3 is 6.18 Å². The van der Waals surface area contributed by atoms with Crippen LogP contribution in [0.15, 0.2) is 29.2 Å². The molecule has 0 aliphatic heterocycles. The summed E-state index contributed by atoms with van der Waals surface area (Å²) in [5, 5.41) is 0. The predicted octanol–water partition coefficient (Wildman–Crippen LogP) is 3.74. The van der Waals surface area contributed by atoms with Crippen LogP contribution in [0.5, 0.6) is 5.75 Å². The molecule has 15 heavy (non-hydrogen) atoms. The molecule has 0 aliphatic carbocycles. The molecule has 0 fully saturated rings. The first-order chi connectivity index (χ1) is 7.01. The van der Waals surface area contributed by atoms with E-state index >= 15 is 0 Å². The zero-order valence-corrected chi connectivity index (χ0v) is 8.99. The summed E-state index contributed by atoms with van der Waals surface area (Å²) < 4.78 is 40.5. The normalized spacial score (nSPS) is 11.5. The van der Waals surface area contributed by atoms with E-state index < -0.39 is 12.6 Å². The van der Waals surface area contributed by atoms with Crippen LogP contribution in [-0.2, 0) is 0 Å². The van der Waals surface area contributed by atoms with E-state index in [1.54, 1.807) is 31.4 Å². The SMILES string of the molecule is COc1ccc(SCCC(F)(F)F)cc1. The standard InChI is InChI=1S/C10H11F3OS/c1-14-8-2-4-9(5-3-8)15-7-6-10(11,12)13/h2-5H,6-7H2,1H3. The van der Waals surface area contributed by atoms with Crippen molar-refractivity contribution in [3.63, 3.8) is 0 Å². The highest BCUT2D eigenvalue weighted by Gasteiger charge is 2.26. The molecule has 0 atom stereocenters. The maximum atomic E-state index is 11.8. The second-order valence-corrected chi connectivity index (χ2v) is 4.06. The Morgan fingerprint density at radius 3 is 2.27 bits per heavy atom. The summed E-state index contributed by atoms with van der Waals surface area (Å²) >= 11 is 1.19. The average molecular weight is 236 g/mol. The van der Waals surface area contributed by atoms with Crippen molar-refractivity contribution in [2.75, 3.05) is 12.9 Å². The number of alkyl halides is 3. The van der Waals surface area contributed by atoms with Gasteiger partial charge in [0.05, 0.1) is 13.5 Å². The van der Waals surface area contributed by atoms with Crippen molar-refractivity contribution in [3.8, 4) is 5.75 Å². The second kappa shape index (κ2) is 5.30. The molecular formula is C10H11F3OS. The molecule has 0 aliphatic rings. The lowest BCUT2D eigenvalue weighted by molar-refractivity contribution is -0.129. The maximum absolute atomic E-state index is 11.8. The highest BCUT2D eigenvalue weighted by atomic mass is 32.2. The lowest BCUT2D eigenvalue weighted by atomic mass is 10.3. The number of hydrogen-bond acceptors (Lipinski definition) is 2. The Balaban J connectivity index is 2.38. The average Bonchev–Trinajstić information content (AvgIpc) is 2.17. The smallest absolute Gasteiger partial charge is 0.389 e. The number of methoxy groups -OCH3 is 1. The maximum Gasteiger partial charge on any atom is 0.389 e. The molecule has 1 rings (SSSR count). The summed E-state index contributed by atoms with van der Waals surface area (Å²) in [5.41, 5.74) is 0. The molecule has 0 amide bonds. The van der Waals surface area contributed by atoms with Crippen molar-refractivity contribution >= 4 is 11.8 Å². The van der Waals surface area contributed by atoms with Gasteiger partial charge in [-0.25, -0.2) is 0 Å². The van der Waals surface area contributed by atoms with E-state index in [2.05, 4.69) is 0 Å². The molecule has 0 unspecified atom stereocenters. The number of benzene rings is 1. The van der Waals surface area contributed by atoms with Crippen LogP contribution in [0, 0.1) is 0 Å². The third-order valence-corrected chi connectivity index (χ3v) is 2.73. The first-order valence-electron chi connectivity index (χ1n) is 4.35. The second-order valence-electron chi connectivity index (χ2n) is 2.89. The van der Waals surface area contributed by atoms with Crippen molar-refractivity contribution in [3.05, 3.63) is 24.3 Å². The van der Waals surface area contributed by atoms with Crippen molar-refractivity contribution in [1.29, 1.82) is 0 Å². The molecule has 5 heteroatoms. The van der Waals surface area contributed by atoms with Crippen LogP contribution in [0.1, 0.15) is 6.42 Å². The lowest BCUT2D eigenvalue weighted by Crippen LogP contribution is -2.07. The van der Waals surface area contributed by atoms with E-state index in [9.17, 15) is 13.2 Å². The van der Waals surface area contributed by atoms with Gasteiger partial charge in [0.15, 0.2) is 0 Å². The van der Waals surface area contributed by atoms with Crippen LogP contribution in [-0.4, -0.2) is 19.0 Å². The third kappa shape index (κ3) is 4.97. The van der Waals surface area contributed by atoms with Gasteiger partial charge in [0.1, 0.15) is 5.75 Å². The Bertz CT molecular complexity index is 295. The van der Waals surface area contributed by atoms with Crippen LogP contribution >= 0.6 is 11.8 Å². The quantitative estimate of drug-likeness (QED) is 0.736. The fourth-order valence-corrected chi connectivity index (χ4v) is 1.85. The van der Waals surface area contributed by atoms with E-state index in [0.717, 1.165) is 4.90 Å². The molecule has 0 N–H and O–H groups in total. The Labute approximate surface area is 90.6 Å².